The van der Waals surface area contributed by atoms with E-state index < -0.39 is 17.4 Å². The molecule has 21 heavy (non-hydrogen) atoms. The van der Waals surface area contributed by atoms with Crippen molar-refractivity contribution >= 4 is 0 Å². The predicted octanol–water partition coefficient (Wildman–Crippen LogP) is 4.49. The van der Waals surface area contributed by atoms with E-state index in [0.29, 0.717) is 11.5 Å². The number of aromatic hydroxyl groups is 1. The number of rotatable bonds is 1. The van der Waals surface area contributed by atoms with E-state index in [4.69, 9.17) is 4.74 Å². The van der Waals surface area contributed by atoms with Gasteiger partial charge in [-0.15, -0.1) is 0 Å². The van der Waals surface area contributed by atoms with Crippen LogP contribution in [0.3, 0.4) is 0 Å². The highest BCUT2D eigenvalue weighted by molar-refractivity contribution is 5.33. The number of allylic oxidation sites excluding steroid dienone is 1. The van der Waals surface area contributed by atoms with Crippen molar-refractivity contribution < 1.29 is 18.6 Å². The van der Waals surface area contributed by atoms with Crippen LogP contribution in [0, 0.1) is 23.5 Å². The minimum atomic E-state index is -0.939. The maximum Gasteiger partial charge on any atom is 0.187 e. The number of fused-ring (bicyclic) bond motifs is 2. The zero-order chi connectivity index (χ0) is 15.4. The first-order chi connectivity index (χ1) is 9.79. The molecule has 0 spiro atoms. The maximum atomic E-state index is 13.6. The van der Waals surface area contributed by atoms with Crippen LogP contribution in [0.1, 0.15) is 45.3 Å². The van der Waals surface area contributed by atoms with Gasteiger partial charge in [0.1, 0.15) is 0 Å². The van der Waals surface area contributed by atoms with Gasteiger partial charge in [0.15, 0.2) is 17.4 Å². The Hall–Kier alpha value is -1.42. The topological polar surface area (TPSA) is 29.5 Å². The molecule has 3 unspecified atom stereocenters. The van der Waals surface area contributed by atoms with Crippen molar-refractivity contribution in [2.24, 2.45) is 11.8 Å². The van der Waals surface area contributed by atoms with E-state index in [9.17, 15) is 13.9 Å². The van der Waals surface area contributed by atoms with Gasteiger partial charge in [0.25, 0.3) is 0 Å². The number of ether oxygens (including phenoxy) is 1. The maximum absolute atomic E-state index is 13.6. The molecule has 1 aromatic rings. The van der Waals surface area contributed by atoms with Crippen molar-refractivity contribution in [2.45, 2.75) is 45.3 Å². The zero-order valence-corrected chi connectivity index (χ0v) is 12.5. The van der Waals surface area contributed by atoms with E-state index in [2.05, 4.69) is 6.08 Å². The van der Waals surface area contributed by atoms with Gasteiger partial charge in [-0.3, -0.25) is 0 Å². The summed E-state index contributed by atoms with van der Waals surface area (Å²) in [7, 11) is 0. The Kier molecular flexibility index (Phi) is 3.32. The summed E-state index contributed by atoms with van der Waals surface area (Å²) >= 11 is 0. The molecule has 0 amide bonds. The Morgan fingerprint density at radius 3 is 2.48 bits per heavy atom. The molecule has 2 aliphatic rings. The molecule has 1 aliphatic heterocycles. The summed E-state index contributed by atoms with van der Waals surface area (Å²) in [4.78, 5) is 0. The number of phenols is 1. The average Bonchev–Trinajstić information content (AvgIpc) is 2.42. The van der Waals surface area contributed by atoms with Crippen molar-refractivity contribution in [3.63, 3.8) is 0 Å². The number of hydrogen-bond donors (Lipinski definition) is 1. The number of halogens is 2. The Bertz CT molecular complexity index is 584. The van der Waals surface area contributed by atoms with Crippen LogP contribution in [0.5, 0.6) is 5.75 Å². The molecular formula is C17H20F2O2. The van der Waals surface area contributed by atoms with Crippen LogP contribution >= 0.6 is 0 Å². The molecule has 3 atom stereocenters. The van der Waals surface area contributed by atoms with Crippen LogP contribution in [0.25, 0.3) is 0 Å². The van der Waals surface area contributed by atoms with E-state index >= 15 is 0 Å². The quantitative estimate of drug-likeness (QED) is 0.773. The highest BCUT2D eigenvalue weighted by Crippen LogP contribution is 2.51. The van der Waals surface area contributed by atoms with Crippen LogP contribution in [-0.4, -0.2) is 10.7 Å². The molecule has 1 saturated heterocycles. The molecular weight excluding hydrogens is 274 g/mol. The van der Waals surface area contributed by atoms with Crippen molar-refractivity contribution in [1.82, 2.24) is 0 Å². The monoisotopic (exact) mass is 294 g/mol. The standard InChI is InChI=1S/C17H20F2O2/c1-9-4-5-11-8-12(9)16(21-17(11,2)3)10-6-13(18)15(20)14(19)7-10/h4,6-7,11-12,16,20H,5,8H2,1-3H3. The number of phenolic OH excluding ortho intramolecular Hbond substituents is 1. The van der Waals surface area contributed by atoms with Gasteiger partial charge in [0.2, 0.25) is 0 Å². The first kappa shape index (κ1) is 14.5. The van der Waals surface area contributed by atoms with Gasteiger partial charge in [-0.25, -0.2) is 8.78 Å². The third kappa shape index (κ3) is 2.35. The van der Waals surface area contributed by atoms with Crippen LogP contribution in [-0.2, 0) is 4.74 Å². The third-order valence-corrected chi connectivity index (χ3v) is 4.99. The molecule has 0 saturated carbocycles. The van der Waals surface area contributed by atoms with Gasteiger partial charge in [-0.2, -0.15) is 0 Å². The minimum absolute atomic E-state index is 0.139. The van der Waals surface area contributed by atoms with E-state index in [1.54, 1.807) is 0 Å². The van der Waals surface area contributed by atoms with Crippen molar-refractivity contribution in [3.05, 3.63) is 41.0 Å². The van der Waals surface area contributed by atoms with E-state index in [1.165, 1.54) is 17.7 Å². The van der Waals surface area contributed by atoms with Gasteiger partial charge >= 0.3 is 0 Å². The van der Waals surface area contributed by atoms with E-state index in [1.807, 2.05) is 20.8 Å². The Morgan fingerprint density at radius 1 is 1.24 bits per heavy atom. The lowest BCUT2D eigenvalue weighted by Crippen LogP contribution is -2.45. The van der Waals surface area contributed by atoms with Gasteiger partial charge in [0, 0.05) is 5.92 Å². The largest absolute Gasteiger partial charge is 0.503 e. The van der Waals surface area contributed by atoms with Crippen molar-refractivity contribution in [2.75, 3.05) is 0 Å². The fourth-order valence-electron chi connectivity index (χ4n) is 3.55. The molecule has 2 bridgehead atoms. The third-order valence-electron chi connectivity index (χ3n) is 4.99. The molecule has 1 aliphatic carbocycles. The summed E-state index contributed by atoms with van der Waals surface area (Å²) in [5, 5.41) is 9.26. The highest BCUT2D eigenvalue weighted by Gasteiger charge is 2.45. The first-order valence-electron chi connectivity index (χ1n) is 7.32. The molecule has 1 heterocycles. The molecule has 1 fully saturated rings. The second kappa shape index (κ2) is 4.80. The van der Waals surface area contributed by atoms with Crippen LogP contribution in [0.4, 0.5) is 8.78 Å². The first-order valence-corrected chi connectivity index (χ1v) is 7.32. The molecule has 2 nitrogen and oxygen atoms in total. The summed E-state index contributed by atoms with van der Waals surface area (Å²) in [5.41, 5.74) is 1.33. The van der Waals surface area contributed by atoms with Crippen LogP contribution in [0.2, 0.25) is 0 Å². The van der Waals surface area contributed by atoms with Gasteiger partial charge in [-0.1, -0.05) is 11.6 Å². The zero-order valence-electron chi connectivity index (χ0n) is 12.5. The molecule has 0 radical (unpaired) electrons. The lowest BCUT2D eigenvalue weighted by molar-refractivity contribution is -0.166. The van der Waals surface area contributed by atoms with Crippen LogP contribution < -0.4 is 0 Å². The molecule has 1 N–H and O–H groups in total. The summed E-state index contributed by atoms with van der Waals surface area (Å²) in [6.07, 6.45) is 3.78. The SMILES string of the molecule is CC1=CCC2CC1C(c1cc(F)c(O)c(F)c1)OC2(C)C. The van der Waals surface area contributed by atoms with E-state index in [0.717, 1.165) is 12.8 Å². The van der Waals surface area contributed by atoms with Gasteiger partial charge < -0.3 is 9.84 Å². The fraction of sp³-hybridized carbons (Fsp3) is 0.529. The lowest BCUT2D eigenvalue weighted by atomic mass is 9.69. The summed E-state index contributed by atoms with van der Waals surface area (Å²) in [6.45, 7) is 6.10. The molecule has 4 heteroatoms. The number of hydrogen-bond acceptors (Lipinski definition) is 2. The Labute approximate surface area is 123 Å². The summed E-state index contributed by atoms with van der Waals surface area (Å²) in [6, 6.07) is 2.36. The van der Waals surface area contributed by atoms with E-state index in [-0.39, 0.29) is 17.6 Å². The predicted molar refractivity (Wildman–Crippen MR) is 75.9 cm³/mol. The molecule has 3 rings (SSSR count). The normalized spacial score (nSPS) is 30.9. The van der Waals surface area contributed by atoms with Crippen molar-refractivity contribution in [3.8, 4) is 5.75 Å². The molecule has 1 aromatic carbocycles. The summed E-state index contributed by atoms with van der Waals surface area (Å²) in [5.74, 6) is -2.24. The second-order valence-electron chi connectivity index (χ2n) is 6.70. The lowest BCUT2D eigenvalue weighted by Gasteiger charge is -2.49. The Balaban J connectivity index is 2.04. The molecule has 114 valence electrons. The minimum Gasteiger partial charge on any atom is -0.503 e. The summed E-state index contributed by atoms with van der Waals surface area (Å²) < 4.78 is 33.5. The fourth-order valence-corrected chi connectivity index (χ4v) is 3.55. The van der Waals surface area contributed by atoms with Gasteiger partial charge in [0.05, 0.1) is 11.7 Å². The second-order valence-corrected chi connectivity index (χ2v) is 6.70. The van der Waals surface area contributed by atoms with Crippen LogP contribution in [0.15, 0.2) is 23.8 Å². The highest BCUT2D eigenvalue weighted by atomic mass is 19.1. The number of benzene rings is 1. The van der Waals surface area contributed by atoms with Gasteiger partial charge in [-0.05, 0) is 57.2 Å². The molecule has 0 aromatic heterocycles. The smallest absolute Gasteiger partial charge is 0.187 e. The van der Waals surface area contributed by atoms with Crippen molar-refractivity contribution in [1.29, 1.82) is 0 Å². The Morgan fingerprint density at radius 2 is 1.86 bits per heavy atom. The average molecular weight is 294 g/mol.